The third-order valence-electron chi connectivity index (χ3n) is 2.80. The zero-order valence-electron chi connectivity index (χ0n) is 12.0. The van der Waals surface area contributed by atoms with Crippen LogP contribution in [0.3, 0.4) is 0 Å². The van der Waals surface area contributed by atoms with E-state index in [1.54, 1.807) is 12.1 Å². The van der Waals surface area contributed by atoms with Gasteiger partial charge in [0, 0.05) is 11.1 Å². The van der Waals surface area contributed by atoms with E-state index in [9.17, 15) is 9.59 Å². The molecule has 2 rings (SSSR count). The number of benzene rings is 2. The minimum Gasteiger partial charge on any atom is -0.481 e. The van der Waals surface area contributed by atoms with Gasteiger partial charge in [0.05, 0.1) is 7.11 Å². The van der Waals surface area contributed by atoms with Crippen molar-refractivity contribution in [3.05, 3.63) is 65.7 Å². The number of hydrogen-bond acceptors (Lipinski definition) is 4. The van der Waals surface area contributed by atoms with Crippen molar-refractivity contribution in [2.24, 2.45) is 0 Å². The van der Waals surface area contributed by atoms with Gasteiger partial charge in [-0.2, -0.15) is 0 Å². The number of hydrogen-bond donors (Lipinski definition) is 0. The molecule has 0 aliphatic heterocycles. The molecule has 4 heteroatoms. The Bertz CT molecular complexity index is 706. The van der Waals surface area contributed by atoms with Gasteiger partial charge in [0.2, 0.25) is 0 Å². The molecule has 22 heavy (non-hydrogen) atoms. The standard InChI is InChI=1S/C18H14O4/c1-21-18(20)17(19)15-9-11-16(12-10-15)22-13-5-8-14-6-3-2-4-7-14/h2-4,6-7,9-12H,13H2,1H3. The smallest absolute Gasteiger partial charge is 0.379 e. The summed E-state index contributed by atoms with van der Waals surface area (Å²) >= 11 is 0. The van der Waals surface area contributed by atoms with Gasteiger partial charge in [0.25, 0.3) is 5.78 Å². The van der Waals surface area contributed by atoms with Crippen molar-refractivity contribution >= 4 is 11.8 Å². The summed E-state index contributed by atoms with van der Waals surface area (Å²) in [7, 11) is 1.17. The first kappa shape index (κ1) is 15.3. The van der Waals surface area contributed by atoms with Crippen LogP contribution in [0.25, 0.3) is 0 Å². The van der Waals surface area contributed by atoms with Crippen LogP contribution in [0.4, 0.5) is 0 Å². The fraction of sp³-hybridized carbons (Fsp3) is 0.111. The van der Waals surface area contributed by atoms with Gasteiger partial charge in [0.15, 0.2) is 0 Å². The molecule has 2 aromatic rings. The quantitative estimate of drug-likeness (QED) is 0.376. The summed E-state index contributed by atoms with van der Waals surface area (Å²) in [4.78, 5) is 22.7. The van der Waals surface area contributed by atoms with E-state index in [-0.39, 0.29) is 12.2 Å². The summed E-state index contributed by atoms with van der Waals surface area (Å²) < 4.78 is 9.83. The van der Waals surface area contributed by atoms with E-state index < -0.39 is 11.8 Å². The van der Waals surface area contributed by atoms with Crippen LogP contribution < -0.4 is 4.74 Å². The monoisotopic (exact) mass is 294 g/mol. The second-order valence-corrected chi connectivity index (χ2v) is 4.30. The number of carbonyl (C=O) groups excluding carboxylic acids is 2. The van der Waals surface area contributed by atoms with Crippen LogP contribution in [-0.4, -0.2) is 25.5 Å². The number of Topliss-reactive ketones (excluding diaryl/α,β-unsaturated/α-hetero) is 1. The molecule has 0 unspecified atom stereocenters. The fourth-order valence-corrected chi connectivity index (χ4v) is 1.69. The van der Waals surface area contributed by atoms with Crippen LogP contribution in [0.1, 0.15) is 15.9 Å². The average molecular weight is 294 g/mol. The Kier molecular flexibility index (Phi) is 5.33. The largest absolute Gasteiger partial charge is 0.481 e. The molecule has 0 heterocycles. The summed E-state index contributed by atoms with van der Waals surface area (Å²) in [6.07, 6.45) is 0. The molecule has 0 aromatic heterocycles. The first-order valence-electron chi connectivity index (χ1n) is 6.60. The van der Waals surface area contributed by atoms with Crippen molar-refractivity contribution in [3.63, 3.8) is 0 Å². The van der Waals surface area contributed by atoms with Crippen LogP contribution >= 0.6 is 0 Å². The zero-order chi connectivity index (χ0) is 15.8. The summed E-state index contributed by atoms with van der Waals surface area (Å²) in [6, 6.07) is 15.8. The van der Waals surface area contributed by atoms with Gasteiger partial charge in [-0.1, -0.05) is 30.0 Å². The molecule has 0 saturated carbocycles. The van der Waals surface area contributed by atoms with Gasteiger partial charge < -0.3 is 9.47 Å². The number of methoxy groups -OCH3 is 1. The van der Waals surface area contributed by atoms with Crippen molar-refractivity contribution in [2.45, 2.75) is 0 Å². The Morgan fingerprint density at radius 3 is 2.32 bits per heavy atom. The van der Waals surface area contributed by atoms with Gasteiger partial charge in [-0.25, -0.2) is 4.79 Å². The average Bonchev–Trinajstić information content (AvgIpc) is 2.59. The lowest BCUT2D eigenvalue weighted by molar-refractivity contribution is -0.135. The summed E-state index contributed by atoms with van der Waals surface area (Å²) in [6.45, 7) is 0.235. The molecule has 2 aromatic carbocycles. The Balaban J connectivity index is 1.91. The van der Waals surface area contributed by atoms with E-state index in [1.165, 1.54) is 19.2 Å². The molecule has 0 N–H and O–H groups in total. The van der Waals surface area contributed by atoms with E-state index in [0.29, 0.717) is 5.75 Å². The van der Waals surface area contributed by atoms with Crippen molar-refractivity contribution in [3.8, 4) is 17.6 Å². The highest BCUT2D eigenvalue weighted by Gasteiger charge is 2.16. The number of ketones is 1. The van der Waals surface area contributed by atoms with Crippen molar-refractivity contribution in [1.29, 1.82) is 0 Å². The lowest BCUT2D eigenvalue weighted by Gasteiger charge is -2.03. The zero-order valence-corrected chi connectivity index (χ0v) is 12.0. The first-order chi connectivity index (χ1) is 10.7. The van der Waals surface area contributed by atoms with E-state index in [1.807, 2.05) is 30.3 Å². The molecule has 0 aliphatic carbocycles. The summed E-state index contributed by atoms with van der Waals surface area (Å²) in [5, 5.41) is 0. The van der Waals surface area contributed by atoms with E-state index in [0.717, 1.165) is 5.56 Å². The van der Waals surface area contributed by atoms with Crippen LogP contribution in [0.15, 0.2) is 54.6 Å². The second-order valence-electron chi connectivity index (χ2n) is 4.30. The van der Waals surface area contributed by atoms with E-state index in [4.69, 9.17) is 4.74 Å². The maximum atomic E-state index is 11.6. The van der Waals surface area contributed by atoms with Crippen LogP contribution in [0.2, 0.25) is 0 Å². The maximum absolute atomic E-state index is 11.6. The fourth-order valence-electron chi connectivity index (χ4n) is 1.69. The van der Waals surface area contributed by atoms with E-state index in [2.05, 4.69) is 16.6 Å². The molecular formula is C18H14O4. The normalized spacial score (nSPS) is 9.32. The lowest BCUT2D eigenvalue weighted by Crippen LogP contribution is -2.15. The number of carbonyl (C=O) groups is 2. The molecule has 0 atom stereocenters. The van der Waals surface area contributed by atoms with Gasteiger partial charge in [-0.15, -0.1) is 0 Å². The molecule has 0 amide bonds. The molecule has 0 radical (unpaired) electrons. The molecular weight excluding hydrogens is 280 g/mol. The SMILES string of the molecule is COC(=O)C(=O)c1ccc(OCC#Cc2ccccc2)cc1. The topological polar surface area (TPSA) is 52.6 Å². The summed E-state index contributed by atoms with van der Waals surface area (Å²) in [5.74, 6) is 4.88. The van der Waals surface area contributed by atoms with Crippen LogP contribution in [0, 0.1) is 11.8 Å². The van der Waals surface area contributed by atoms with Crippen LogP contribution in [-0.2, 0) is 9.53 Å². The van der Waals surface area contributed by atoms with Gasteiger partial charge in [-0.3, -0.25) is 4.79 Å². The summed E-state index contributed by atoms with van der Waals surface area (Å²) in [5.41, 5.74) is 1.18. The minimum atomic E-state index is -0.887. The molecule has 4 nitrogen and oxygen atoms in total. The highest BCUT2D eigenvalue weighted by molar-refractivity contribution is 6.40. The van der Waals surface area contributed by atoms with Gasteiger partial charge in [-0.05, 0) is 36.4 Å². The Morgan fingerprint density at radius 2 is 1.68 bits per heavy atom. The van der Waals surface area contributed by atoms with Crippen molar-refractivity contribution in [2.75, 3.05) is 13.7 Å². The lowest BCUT2D eigenvalue weighted by atomic mass is 10.1. The van der Waals surface area contributed by atoms with Crippen molar-refractivity contribution in [1.82, 2.24) is 0 Å². The number of esters is 1. The van der Waals surface area contributed by atoms with Crippen molar-refractivity contribution < 1.29 is 19.1 Å². The predicted molar refractivity (Wildman–Crippen MR) is 81.6 cm³/mol. The first-order valence-corrected chi connectivity index (χ1v) is 6.60. The van der Waals surface area contributed by atoms with E-state index >= 15 is 0 Å². The third kappa shape index (κ3) is 4.22. The highest BCUT2D eigenvalue weighted by atomic mass is 16.5. The Hall–Kier alpha value is -3.06. The molecule has 0 saturated heterocycles. The Labute approximate surface area is 128 Å². The molecule has 0 bridgehead atoms. The molecule has 0 fully saturated rings. The predicted octanol–water partition coefficient (Wildman–Crippen LogP) is 2.47. The molecule has 110 valence electrons. The highest BCUT2D eigenvalue weighted by Crippen LogP contribution is 2.12. The maximum Gasteiger partial charge on any atom is 0.379 e. The second kappa shape index (κ2) is 7.65. The molecule has 0 spiro atoms. The number of rotatable bonds is 4. The third-order valence-corrected chi connectivity index (χ3v) is 2.80. The molecule has 0 aliphatic rings. The van der Waals surface area contributed by atoms with Crippen LogP contribution in [0.5, 0.6) is 5.75 Å². The van der Waals surface area contributed by atoms with Gasteiger partial charge >= 0.3 is 5.97 Å². The minimum absolute atomic E-state index is 0.235. The Morgan fingerprint density at radius 1 is 1.00 bits per heavy atom. The number of ether oxygens (including phenoxy) is 2. The van der Waals surface area contributed by atoms with Gasteiger partial charge in [0.1, 0.15) is 12.4 Å².